The maximum atomic E-state index is 5.94. The molecule has 0 amide bonds. The lowest BCUT2D eigenvalue weighted by Gasteiger charge is -2.07. The molecule has 1 aromatic rings. The van der Waals surface area contributed by atoms with Crippen LogP contribution in [-0.2, 0) is 0 Å². The Bertz CT molecular complexity index is 292. The largest absolute Gasteiger partial charge is 0.102 e. The first kappa shape index (κ1) is 9.63. The summed E-state index contributed by atoms with van der Waals surface area (Å²) in [5.74, 6) is 1.03. The van der Waals surface area contributed by atoms with E-state index >= 15 is 0 Å². The molecular weight excluding hydrogens is 191 g/mol. The van der Waals surface area contributed by atoms with Crippen LogP contribution in [0.4, 0.5) is 0 Å². The second kappa shape index (κ2) is 3.97. The van der Waals surface area contributed by atoms with Crippen LogP contribution in [0.3, 0.4) is 0 Å². The van der Waals surface area contributed by atoms with E-state index in [1.807, 2.05) is 13.0 Å². The van der Waals surface area contributed by atoms with Gasteiger partial charge in [0, 0.05) is 16.0 Å². The molecule has 0 fully saturated rings. The molecule has 0 aliphatic rings. The molecule has 0 unspecified atom stereocenters. The summed E-state index contributed by atoms with van der Waals surface area (Å²) < 4.78 is 0. The molecule has 0 saturated heterocycles. The fraction of sp³-hybridized carbons (Fsp3) is 0.100. The fourth-order valence-corrected chi connectivity index (χ4v) is 1.35. The van der Waals surface area contributed by atoms with Gasteiger partial charge in [-0.25, -0.2) is 0 Å². The SMILES string of the molecule is C=C[C](C)c1cc(Cl)ccc1Cl. The summed E-state index contributed by atoms with van der Waals surface area (Å²) in [7, 11) is 0. The number of halogens is 2. The minimum atomic E-state index is 0.690. The molecule has 0 saturated carbocycles. The molecule has 0 heterocycles. The highest BCUT2D eigenvalue weighted by molar-refractivity contribution is 6.33. The fourth-order valence-electron chi connectivity index (χ4n) is 0.910. The van der Waals surface area contributed by atoms with Gasteiger partial charge in [0.2, 0.25) is 0 Å². The second-order valence-electron chi connectivity index (χ2n) is 2.51. The minimum Gasteiger partial charge on any atom is -0.102 e. The molecule has 0 aliphatic heterocycles. The molecule has 0 atom stereocenters. The maximum absolute atomic E-state index is 5.94. The Hall–Kier alpha value is -0.460. The molecule has 0 nitrogen and oxygen atoms in total. The van der Waals surface area contributed by atoms with Crippen LogP contribution in [-0.4, -0.2) is 0 Å². The van der Waals surface area contributed by atoms with E-state index in [-0.39, 0.29) is 0 Å². The number of allylic oxidation sites excluding steroid dienone is 1. The van der Waals surface area contributed by atoms with Gasteiger partial charge in [-0.3, -0.25) is 0 Å². The van der Waals surface area contributed by atoms with Crippen molar-refractivity contribution < 1.29 is 0 Å². The number of hydrogen-bond donors (Lipinski definition) is 0. The summed E-state index contributed by atoms with van der Waals surface area (Å²) in [6, 6.07) is 5.39. The molecule has 63 valence electrons. The summed E-state index contributed by atoms with van der Waals surface area (Å²) in [4.78, 5) is 0. The molecule has 0 bridgehead atoms. The molecule has 0 spiro atoms. The van der Waals surface area contributed by atoms with Crippen molar-refractivity contribution in [3.05, 3.63) is 52.4 Å². The second-order valence-corrected chi connectivity index (χ2v) is 3.35. The van der Waals surface area contributed by atoms with Crippen molar-refractivity contribution in [3.8, 4) is 0 Å². The third-order valence-electron chi connectivity index (χ3n) is 1.66. The summed E-state index contributed by atoms with van der Waals surface area (Å²) in [6.45, 7) is 5.62. The van der Waals surface area contributed by atoms with Crippen molar-refractivity contribution in [2.24, 2.45) is 0 Å². The molecular formula is C10H9Cl2. The van der Waals surface area contributed by atoms with Gasteiger partial charge in [-0.05, 0) is 23.8 Å². The first-order valence-corrected chi connectivity index (χ1v) is 4.32. The predicted molar refractivity (Wildman–Crippen MR) is 54.7 cm³/mol. The summed E-state index contributed by atoms with van der Waals surface area (Å²) in [5.41, 5.74) is 0.944. The van der Waals surface area contributed by atoms with Gasteiger partial charge in [0.05, 0.1) is 0 Å². The van der Waals surface area contributed by atoms with Crippen LogP contribution in [0.25, 0.3) is 0 Å². The van der Waals surface area contributed by atoms with E-state index in [4.69, 9.17) is 23.2 Å². The molecule has 12 heavy (non-hydrogen) atoms. The lowest BCUT2D eigenvalue weighted by Crippen LogP contribution is -1.90. The van der Waals surface area contributed by atoms with Crippen LogP contribution < -0.4 is 0 Å². The van der Waals surface area contributed by atoms with E-state index in [2.05, 4.69) is 6.58 Å². The Kier molecular flexibility index (Phi) is 3.19. The Balaban J connectivity index is 3.12. The van der Waals surface area contributed by atoms with Crippen molar-refractivity contribution in [3.63, 3.8) is 0 Å². The molecule has 1 aromatic carbocycles. The molecule has 0 aromatic heterocycles. The zero-order valence-corrected chi connectivity index (χ0v) is 8.28. The van der Waals surface area contributed by atoms with E-state index in [0.29, 0.717) is 10.0 Å². The highest BCUT2D eigenvalue weighted by atomic mass is 35.5. The molecule has 1 rings (SSSR count). The molecule has 1 radical (unpaired) electrons. The van der Waals surface area contributed by atoms with Gasteiger partial charge in [-0.1, -0.05) is 36.2 Å². The summed E-state index contributed by atoms with van der Waals surface area (Å²) in [5, 5.41) is 1.40. The van der Waals surface area contributed by atoms with Crippen molar-refractivity contribution in [2.75, 3.05) is 0 Å². The number of benzene rings is 1. The van der Waals surface area contributed by atoms with Gasteiger partial charge >= 0.3 is 0 Å². The third-order valence-corrected chi connectivity index (χ3v) is 2.22. The van der Waals surface area contributed by atoms with Gasteiger partial charge in [0.25, 0.3) is 0 Å². The first-order chi connectivity index (χ1) is 5.65. The van der Waals surface area contributed by atoms with E-state index in [1.54, 1.807) is 18.2 Å². The Labute approximate surface area is 82.8 Å². The summed E-state index contributed by atoms with van der Waals surface area (Å²) in [6.07, 6.45) is 1.76. The lowest BCUT2D eigenvalue weighted by atomic mass is 10.0. The van der Waals surface area contributed by atoms with Crippen molar-refractivity contribution in [1.29, 1.82) is 0 Å². The average molecular weight is 200 g/mol. The normalized spacial score (nSPS) is 10.3. The van der Waals surface area contributed by atoms with Crippen LogP contribution in [0.2, 0.25) is 10.0 Å². The maximum Gasteiger partial charge on any atom is 0.0448 e. The van der Waals surface area contributed by atoms with Crippen LogP contribution in [0.1, 0.15) is 12.5 Å². The summed E-state index contributed by atoms with van der Waals surface area (Å²) >= 11 is 11.8. The van der Waals surface area contributed by atoms with Crippen LogP contribution in [0, 0.1) is 5.92 Å². The monoisotopic (exact) mass is 199 g/mol. The molecule has 0 N–H and O–H groups in total. The average Bonchev–Trinajstić information content (AvgIpc) is 2.08. The van der Waals surface area contributed by atoms with E-state index < -0.39 is 0 Å². The zero-order valence-electron chi connectivity index (χ0n) is 6.77. The van der Waals surface area contributed by atoms with Gasteiger partial charge in [0.1, 0.15) is 0 Å². The molecule has 0 aliphatic carbocycles. The van der Waals surface area contributed by atoms with Gasteiger partial charge in [0.15, 0.2) is 0 Å². The standard InChI is InChI=1S/C10H9Cl2/c1-3-7(2)9-6-8(11)4-5-10(9)12/h3-6H,1H2,2H3. The minimum absolute atomic E-state index is 0.690. The number of rotatable bonds is 2. The van der Waals surface area contributed by atoms with Crippen LogP contribution >= 0.6 is 23.2 Å². The quantitative estimate of drug-likeness (QED) is 0.673. The smallest absolute Gasteiger partial charge is 0.0448 e. The highest BCUT2D eigenvalue weighted by Crippen LogP contribution is 2.27. The van der Waals surface area contributed by atoms with Gasteiger partial charge < -0.3 is 0 Å². The topological polar surface area (TPSA) is 0 Å². The van der Waals surface area contributed by atoms with Gasteiger partial charge in [-0.15, -0.1) is 6.58 Å². The zero-order chi connectivity index (χ0) is 9.14. The van der Waals surface area contributed by atoms with Gasteiger partial charge in [-0.2, -0.15) is 0 Å². The Morgan fingerprint density at radius 3 is 2.67 bits per heavy atom. The van der Waals surface area contributed by atoms with Crippen molar-refractivity contribution >= 4 is 23.2 Å². The predicted octanol–water partition coefficient (Wildman–Crippen LogP) is 4.12. The van der Waals surface area contributed by atoms with E-state index in [1.165, 1.54) is 0 Å². The van der Waals surface area contributed by atoms with Crippen molar-refractivity contribution in [1.82, 2.24) is 0 Å². The van der Waals surface area contributed by atoms with E-state index in [9.17, 15) is 0 Å². The number of hydrogen-bond acceptors (Lipinski definition) is 0. The van der Waals surface area contributed by atoms with Crippen LogP contribution in [0.5, 0.6) is 0 Å². The van der Waals surface area contributed by atoms with Crippen molar-refractivity contribution in [2.45, 2.75) is 6.92 Å². The van der Waals surface area contributed by atoms with Crippen LogP contribution in [0.15, 0.2) is 30.9 Å². The Morgan fingerprint density at radius 1 is 1.42 bits per heavy atom. The Morgan fingerprint density at radius 2 is 2.08 bits per heavy atom. The lowest BCUT2D eigenvalue weighted by molar-refractivity contribution is 1.26. The van der Waals surface area contributed by atoms with E-state index in [0.717, 1.165) is 11.5 Å². The molecule has 2 heteroatoms. The first-order valence-electron chi connectivity index (χ1n) is 3.56. The third kappa shape index (κ3) is 2.02. The highest BCUT2D eigenvalue weighted by Gasteiger charge is 2.06.